The van der Waals surface area contributed by atoms with Crippen LogP contribution in [-0.2, 0) is 14.4 Å². The second kappa shape index (κ2) is 15.0. The normalized spacial score (nSPS) is 27.6. The van der Waals surface area contributed by atoms with E-state index in [0.717, 1.165) is 37.1 Å². The predicted molar refractivity (Wildman–Crippen MR) is 178 cm³/mol. The summed E-state index contributed by atoms with van der Waals surface area (Å²) in [6.07, 6.45) is 8.17. The molecule has 8 nitrogen and oxygen atoms in total. The van der Waals surface area contributed by atoms with Gasteiger partial charge in [0.15, 0.2) is 0 Å². The van der Waals surface area contributed by atoms with Crippen LogP contribution in [-0.4, -0.2) is 87.6 Å². The van der Waals surface area contributed by atoms with E-state index in [1.807, 2.05) is 36.1 Å². The van der Waals surface area contributed by atoms with Gasteiger partial charge in [0.25, 0.3) is 0 Å². The van der Waals surface area contributed by atoms with Gasteiger partial charge in [0.2, 0.25) is 17.7 Å². The quantitative estimate of drug-likeness (QED) is 0.187. The van der Waals surface area contributed by atoms with Gasteiger partial charge in [-0.15, -0.1) is 24.9 Å². The SMILES string of the molecule is C=CCN(C(=O)[C@@H]1[C@@H]2CC(C)C3(S2)C(C(=O)N(CC=C)C(C)CCC)N(CCCCCO)C(=O)[C@H]13)c1ccc(OCC)cc1. The number of carbonyl (C=O) groups excluding carboxylic acids is 3. The number of ether oxygens (including phenoxy) is 1. The van der Waals surface area contributed by atoms with Crippen molar-refractivity contribution in [1.29, 1.82) is 0 Å². The number of carbonyl (C=O) groups is 3. The van der Waals surface area contributed by atoms with Crippen LogP contribution in [0.5, 0.6) is 5.75 Å². The van der Waals surface area contributed by atoms with Gasteiger partial charge in [-0.25, -0.2) is 0 Å². The molecule has 0 aromatic heterocycles. The van der Waals surface area contributed by atoms with Gasteiger partial charge < -0.3 is 24.5 Å². The molecule has 1 spiro atoms. The molecule has 0 aliphatic carbocycles. The van der Waals surface area contributed by atoms with E-state index < -0.39 is 22.6 Å². The molecule has 3 amide bonds. The molecule has 7 atom stereocenters. The highest BCUT2D eigenvalue weighted by Gasteiger charge is 2.76. The molecule has 2 bridgehead atoms. The van der Waals surface area contributed by atoms with Crippen molar-refractivity contribution in [1.82, 2.24) is 9.80 Å². The predicted octanol–water partition coefficient (Wildman–Crippen LogP) is 5.31. The van der Waals surface area contributed by atoms with E-state index in [9.17, 15) is 19.5 Å². The Hall–Kier alpha value is -2.78. The van der Waals surface area contributed by atoms with Gasteiger partial charge in [0, 0.05) is 43.2 Å². The number of aliphatic hydroxyl groups excluding tert-OH is 1. The van der Waals surface area contributed by atoms with Crippen LogP contribution in [0.15, 0.2) is 49.6 Å². The molecular weight excluding hydrogens is 574 g/mol. The molecule has 3 aliphatic heterocycles. The summed E-state index contributed by atoms with van der Waals surface area (Å²) in [5.74, 6) is -0.496. The molecule has 4 rings (SSSR count). The Balaban J connectivity index is 1.74. The third-order valence-corrected chi connectivity index (χ3v) is 11.8. The molecule has 3 heterocycles. The number of hydrogen-bond donors (Lipinski definition) is 1. The first kappa shape index (κ1) is 34.1. The fourth-order valence-electron chi connectivity index (χ4n) is 7.77. The Morgan fingerprint density at radius 1 is 1.14 bits per heavy atom. The average Bonchev–Trinajstić information content (AvgIpc) is 3.60. The van der Waals surface area contributed by atoms with E-state index in [0.29, 0.717) is 39.1 Å². The van der Waals surface area contributed by atoms with Crippen molar-refractivity contribution in [3.8, 4) is 5.75 Å². The minimum absolute atomic E-state index is 0.00590. The minimum Gasteiger partial charge on any atom is -0.494 e. The number of nitrogens with zero attached hydrogens (tertiary/aromatic N) is 3. The van der Waals surface area contributed by atoms with Crippen molar-refractivity contribution >= 4 is 35.2 Å². The van der Waals surface area contributed by atoms with Crippen molar-refractivity contribution < 1.29 is 24.2 Å². The first-order valence-corrected chi connectivity index (χ1v) is 17.2. The third kappa shape index (κ3) is 6.19. The monoisotopic (exact) mass is 625 g/mol. The Morgan fingerprint density at radius 3 is 2.45 bits per heavy atom. The molecule has 9 heteroatoms. The van der Waals surface area contributed by atoms with Crippen molar-refractivity contribution in [2.24, 2.45) is 17.8 Å². The van der Waals surface area contributed by atoms with Gasteiger partial charge >= 0.3 is 0 Å². The Morgan fingerprint density at radius 2 is 1.84 bits per heavy atom. The number of unbranched alkanes of at least 4 members (excludes halogenated alkanes) is 2. The number of benzene rings is 1. The summed E-state index contributed by atoms with van der Waals surface area (Å²) >= 11 is 1.71. The molecule has 4 unspecified atom stereocenters. The summed E-state index contributed by atoms with van der Waals surface area (Å²) in [5.41, 5.74) is 0.734. The maximum atomic E-state index is 14.7. The summed E-state index contributed by atoms with van der Waals surface area (Å²) < 4.78 is 4.93. The summed E-state index contributed by atoms with van der Waals surface area (Å²) in [7, 11) is 0. The van der Waals surface area contributed by atoms with Gasteiger partial charge in [0.1, 0.15) is 11.8 Å². The van der Waals surface area contributed by atoms with Gasteiger partial charge in [-0.05, 0) is 76.1 Å². The average molecular weight is 626 g/mol. The van der Waals surface area contributed by atoms with E-state index in [-0.39, 0.29) is 41.5 Å². The van der Waals surface area contributed by atoms with E-state index in [1.54, 1.807) is 33.7 Å². The highest BCUT2D eigenvalue weighted by Crippen LogP contribution is 2.69. The lowest BCUT2D eigenvalue weighted by Gasteiger charge is -2.42. The number of hydrogen-bond acceptors (Lipinski definition) is 6. The molecule has 3 saturated heterocycles. The second-order valence-corrected chi connectivity index (χ2v) is 14.0. The fraction of sp³-hybridized carbons (Fsp3) is 0.629. The number of aliphatic hydroxyl groups is 1. The molecule has 44 heavy (non-hydrogen) atoms. The highest BCUT2D eigenvalue weighted by atomic mass is 32.2. The van der Waals surface area contributed by atoms with Gasteiger partial charge in [0.05, 0.1) is 23.2 Å². The summed E-state index contributed by atoms with van der Waals surface area (Å²) in [6.45, 7) is 17.9. The molecule has 0 saturated carbocycles. The number of fused-ring (bicyclic) bond motifs is 1. The number of thioether (sulfide) groups is 1. The van der Waals surface area contributed by atoms with E-state index >= 15 is 0 Å². The Labute approximate surface area is 267 Å². The number of anilines is 1. The Bertz CT molecular complexity index is 1190. The summed E-state index contributed by atoms with van der Waals surface area (Å²) in [4.78, 5) is 49.3. The largest absolute Gasteiger partial charge is 0.494 e. The molecule has 0 radical (unpaired) electrons. The molecule has 1 aromatic rings. The smallest absolute Gasteiger partial charge is 0.247 e. The zero-order valence-corrected chi connectivity index (χ0v) is 27.8. The topological polar surface area (TPSA) is 90.4 Å². The van der Waals surface area contributed by atoms with Crippen LogP contribution in [0.25, 0.3) is 0 Å². The Kier molecular flexibility index (Phi) is 11.6. The summed E-state index contributed by atoms with van der Waals surface area (Å²) in [6, 6.07) is 6.83. The standard InChI is InChI=1S/C35H51N3O5S/c1-7-14-25(6)36(19-8-2)34(42)31-35-24(5)23-28(44-35)29(30(35)33(41)38(31)21-12-11-13-22-39)32(40)37(20-9-3)26-15-17-27(18-16-26)43-10-4/h8-9,15-18,24-25,28-31,39H,2-3,7,10-14,19-23H2,1,4-6H3/t24?,25?,28-,29+,30-,31?,35?/m0/s1. The molecule has 3 aliphatic rings. The first-order chi connectivity index (χ1) is 21.2. The zero-order chi connectivity index (χ0) is 32.0. The van der Waals surface area contributed by atoms with Gasteiger partial charge in [-0.1, -0.05) is 32.4 Å². The van der Waals surface area contributed by atoms with Crippen LogP contribution in [0.1, 0.15) is 66.2 Å². The van der Waals surface area contributed by atoms with Crippen LogP contribution >= 0.6 is 11.8 Å². The number of amides is 3. The van der Waals surface area contributed by atoms with Crippen molar-refractivity contribution in [3.63, 3.8) is 0 Å². The van der Waals surface area contributed by atoms with Crippen molar-refractivity contribution in [2.75, 3.05) is 37.7 Å². The number of rotatable bonds is 17. The molecular formula is C35H51N3O5S. The van der Waals surface area contributed by atoms with Crippen molar-refractivity contribution in [2.45, 2.75) is 88.3 Å². The fourth-order valence-corrected chi connectivity index (χ4v) is 10.2. The highest BCUT2D eigenvalue weighted by molar-refractivity contribution is 8.02. The van der Waals surface area contributed by atoms with E-state index in [1.165, 1.54) is 0 Å². The summed E-state index contributed by atoms with van der Waals surface area (Å²) in [5, 5.41) is 9.31. The van der Waals surface area contributed by atoms with Crippen LogP contribution in [0.3, 0.4) is 0 Å². The van der Waals surface area contributed by atoms with Gasteiger partial charge in [-0.3, -0.25) is 14.4 Å². The van der Waals surface area contributed by atoms with Crippen LogP contribution in [0.2, 0.25) is 0 Å². The lowest BCUT2D eigenvalue weighted by atomic mass is 9.65. The lowest BCUT2D eigenvalue weighted by Crippen LogP contribution is -2.58. The zero-order valence-electron chi connectivity index (χ0n) is 27.0. The van der Waals surface area contributed by atoms with Gasteiger partial charge in [-0.2, -0.15) is 0 Å². The second-order valence-electron chi connectivity index (χ2n) is 12.4. The third-order valence-electron chi connectivity index (χ3n) is 9.71. The molecule has 1 N–H and O–H groups in total. The van der Waals surface area contributed by atoms with Crippen LogP contribution in [0, 0.1) is 17.8 Å². The first-order valence-electron chi connectivity index (χ1n) is 16.4. The van der Waals surface area contributed by atoms with E-state index in [4.69, 9.17) is 4.74 Å². The molecule has 242 valence electrons. The molecule has 3 fully saturated rings. The van der Waals surface area contributed by atoms with Crippen molar-refractivity contribution in [3.05, 3.63) is 49.6 Å². The maximum absolute atomic E-state index is 14.7. The van der Waals surface area contributed by atoms with Crippen LogP contribution < -0.4 is 9.64 Å². The minimum atomic E-state index is -0.680. The molecule has 1 aromatic carbocycles. The maximum Gasteiger partial charge on any atom is 0.247 e. The number of likely N-dealkylation sites (tertiary alicyclic amines) is 1. The van der Waals surface area contributed by atoms with Crippen LogP contribution in [0.4, 0.5) is 5.69 Å². The lowest BCUT2D eigenvalue weighted by molar-refractivity contribution is -0.144. The van der Waals surface area contributed by atoms with E-state index in [2.05, 4.69) is 33.9 Å².